The van der Waals surface area contributed by atoms with Crippen molar-refractivity contribution in [2.24, 2.45) is 0 Å². The van der Waals surface area contributed by atoms with Crippen LogP contribution in [0.2, 0.25) is 0 Å². The number of hydrogen-bond donors (Lipinski definition) is 3. The smallest absolute Gasteiger partial charge is 1.00 e. The summed E-state index contributed by atoms with van der Waals surface area (Å²) in [7, 11) is 0. The van der Waals surface area contributed by atoms with Crippen molar-refractivity contribution in [3.63, 3.8) is 0 Å². The molecule has 0 aromatic heterocycles. The van der Waals surface area contributed by atoms with Crippen molar-refractivity contribution in [2.45, 2.75) is 0 Å². The molecule has 3 N–H and O–H groups in total. The largest absolute Gasteiger partial charge is 1.00 e. The fourth-order valence-corrected chi connectivity index (χ4v) is 0.760. The summed E-state index contributed by atoms with van der Waals surface area (Å²) in [4.78, 5) is 1.79. The Bertz CT molecular complexity index is 68.6. The molecule has 0 spiro atoms. The molecule has 4 nitrogen and oxygen atoms in total. The van der Waals surface area contributed by atoms with Gasteiger partial charge in [0, 0.05) is 19.6 Å². The average molecular weight is 244 g/mol. The van der Waals surface area contributed by atoms with Crippen molar-refractivity contribution in [3.05, 3.63) is 0 Å². The van der Waals surface area contributed by atoms with E-state index in [2.05, 4.69) is 0 Å². The molecule has 0 fully saturated rings. The van der Waals surface area contributed by atoms with Gasteiger partial charge in [-0.15, -0.1) is 12.4 Å². The second-order valence-electron chi connectivity index (χ2n) is 2.01. The molecule has 0 atom stereocenters. The maximum absolute atomic E-state index is 8.48. The van der Waals surface area contributed by atoms with Crippen LogP contribution in [0, 0.1) is 0 Å². The minimum atomic E-state index is 0. The van der Waals surface area contributed by atoms with Crippen molar-refractivity contribution in [2.75, 3.05) is 39.5 Å². The Morgan fingerprint density at radius 1 is 0.769 bits per heavy atom. The normalized spacial score (nSPS) is 8.31. The van der Waals surface area contributed by atoms with Gasteiger partial charge in [0.2, 0.25) is 0 Å². The van der Waals surface area contributed by atoms with E-state index in [0.29, 0.717) is 19.6 Å². The van der Waals surface area contributed by atoms with Crippen LogP contribution in [0.5, 0.6) is 0 Å². The van der Waals surface area contributed by atoms with Gasteiger partial charge in [0.05, 0.1) is 19.8 Å². The molecule has 0 aliphatic carbocycles. The van der Waals surface area contributed by atoms with Crippen LogP contribution >= 0.6 is 12.4 Å². The van der Waals surface area contributed by atoms with E-state index in [1.807, 2.05) is 0 Å². The summed E-state index contributed by atoms with van der Waals surface area (Å²) in [5.41, 5.74) is 0. The van der Waals surface area contributed by atoms with Crippen LogP contribution in [0.25, 0.3) is 0 Å². The molecule has 0 bridgehead atoms. The molecule has 0 aliphatic rings. The van der Waals surface area contributed by atoms with Crippen LogP contribution in [0.3, 0.4) is 0 Å². The van der Waals surface area contributed by atoms with E-state index in [0.717, 1.165) is 0 Å². The molecule has 7 heteroatoms. The third kappa shape index (κ3) is 16.1. The van der Waals surface area contributed by atoms with Gasteiger partial charge in [0.15, 0.2) is 0 Å². The first kappa shape index (κ1) is 23.9. The van der Waals surface area contributed by atoms with E-state index in [1.54, 1.807) is 4.90 Å². The zero-order valence-electron chi connectivity index (χ0n) is 7.82. The standard InChI is InChI=1S/C6H15NO3.2ClH.Na/c8-4-1-7(2-5-9)3-6-10;;;/h8-10H,1-6H2;2*1H;/q;;;+1/p-1. The molecule has 0 rings (SSSR count). The van der Waals surface area contributed by atoms with Gasteiger partial charge in [-0.1, -0.05) is 0 Å². The topological polar surface area (TPSA) is 63.9 Å². The van der Waals surface area contributed by atoms with Gasteiger partial charge in [-0.05, 0) is 0 Å². The van der Waals surface area contributed by atoms with Gasteiger partial charge in [0.1, 0.15) is 0 Å². The second-order valence-corrected chi connectivity index (χ2v) is 2.01. The minimum Gasteiger partial charge on any atom is -1.00 e. The first-order valence-corrected chi connectivity index (χ1v) is 3.40. The van der Waals surface area contributed by atoms with Gasteiger partial charge in [-0.2, -0.15) is 0 Å². The van der Waals surface area contributed by atoms with Gasteiger partial charge < -0.3 is 27.7 Å². The molecule has 0 aliphatic heterocycles. The quantitative estimate of drug-likeness (QED) is 0.406. The van der Waals surface area contributed by atoms with Gasteiger partial charge in [-0.25, -0.2) is 0 Å². The summed E-state index contributed by atoms with van der Waals surface area (Å²) >= 11 is 0. The van der Waals surface area contributed by atoms with Crippen molar-refractivity contribution < 1.29 is 57.3 Å². The van der Waals surface area contributed by atoms with E-state index in [4.69, 9.17) is 15.3 Å². The van der Waals surface area contributed by atoms with Gasteiger partial charge in [0.25, 0.3) is 0 Å². The monoisotopic (exact) mass is 243 g/mol. The maximum atomic E-state index is 8.48. The predicted octanol–water partition coefficient (Wildman–Crippen LogP) is -7.30. The molecule has 0 amide bonds. The van der Waals surface area contributed by atoms with Crippen molar-refractivity contribution in [3.8, 4) is 0 Å². The van der Waals surface area contributed by atoms with Crippen LogP contribution < -0.4 is 42.0 Å². The molecule has 0 saturated heterocycles. The minimum absolute atomic E-state index is 0. The van der Waals surface area contributed by atoms with Crippen molar-refractivity contribution >= 4 is 12.4 Å². The third-order valence-electron chi connectivity index (χ3n) is 1.25. The van der Waals surface area contributed by atoms with E-state index < -0.39 is 0 Å². The van der Waals surface area contributed by atoms with Crippen LogP contribution in [0.15, 0.2) is 0 Å². The molecule has 0 aromatic carbocycles. The van der Waals surface area contributed by atoms with Crippen LogP contribution in [-0.4, -0.2) is 59.7 Å². The molecular weight excluding hydrogens is 228 g/mol. The summed E-state index contributed by atoms with van der Waals surface area (Å²) < 4.78 is 0. The fourth-order valence-electron chi connectivity index (χ4n) is 0.760. The Hall–Kier alpha value is 1.42. The zero-order valence-corrected chi connectivity index (χ0v) is 11.4. The van der Waals surface area contributed by atoms with Crippen LogP contribution in [-0.2, 0) is 0 Å². The molecule has 0 saturated carbocycles. The van der Waals surface area contributed by atoms with Crippen molar-refractivity contribution in [1.29, 1.82) is 0 Å². The Morgan fingerprint density at radius 3 is 1.15 bits per heavy atom. The summed E-state index contributed by atoms with van der Waals surface area (Å²) in [5, 5.41) is 25.5. The average Bonchev–Trinajstić information content (AvgIpc) is 1.90. The number of aliphatic hydroxyl groups excluding tert-OH is 3. The predicted molar refractivity (Wildman–Crippen MR) is 44.9 cm³/mol. The molecule has 0 unspecified atom stereocenters. The summed E-state index contributed by atoms with van der Waals surface area (Å²) in [6.07, 6.45) is 0. The Morgan fingerprint density at radius 2 is 1.00 bits per heavy atom. The molecule has 0 radical (unpaired) electrons. The van der Waals surface area contributed by atoms with Crippen LogP contribution in [0.1, 0.15) is 0 Å². The third-order valence-corrected chi connectivity index (χ3v) is 1.25. The molecule has 13 heavy (non-hydrogen) atoms. The Labute approximate surface area is 113 Å². The Balaban J connectivity index is -0.000000135. The fraction of sp³-hybridized carbons (Fsp3) is 1.00. The molecule has 0 heterocycles. The van der Waals surface area contributed by atoms with Crippen LogP contribution in [0.4, 0.5) is 0 Å². The first-order chi connectivity index (χ1) is 4.85. The summed E-state index contributed by atoms with van der Waals surface area (Å²) in [6.45, 7) is 1.75. The maximum Gasteiger partial charge on any atom is 1.00 e. The van der Waals surface area contributed by atoms with E-state index in [1.165, 1.54) is 0 Å². The number of aliphatic hydroxyl groups is 3. The van der Waals surface area contributed by atoms with Gasteiger partial charge >= 0.3 is 29.6 Å². The van der Waals surface area contributed by atoms with Crippen molar-refractivity contribution in [1.82, 2.24) is 4.90 Å². The number of halogens is 2. The molecule has 78 valence electrons. The summed E-state index contributed by atoms with van der Waals surface area (Å²) in [6, 6.07) is 0. The Kier molecular flexibility index (Phi) is 35.1. The number of hydrogen-bond acceptors (Lipinski definition) is 4. The van der Waals surface area contributed by atoms with E-state index in [-0.39, 0.29) is 74.2 Å². The molecular formula is C6H16Cl2NNaO3. The summed E-state index contributed by atoms with van der Waals surface area (Å²) in [5.74, 6) is 0. The number of rotatable bonds is 6. The van der Waals surface area contributed by atoms with Gasteiger partial charge in [-0.3, -0.25) is 4.90 Å². The number of nitrogens with zero attached hydrogens (tertiary/aromatic N) is 1. The molecule has 0 aromatic rings. The SMILES string of the molecule is Cl.OCCN(CCO)CCO.[Cl-].[Na+]. The first-order valence-electron chi connectivity index (χ1n) is 3.40. The second kappa shape index (κ2) is 19.1. The van der Waals surface area contributed by atoms with E-state index in [9.17, 15) is 0 Å². The van der Waals surface area contributed by atoms with E-state index >= 15 is 0 Å². The zero-order chi connectivity index (χ0) is 7.82.